The van der Waals surface area contributed by atoms with Crippen molar-refractivity contribution >= 4 is 57.8 Å². The summed E-state index contributed by atoms with van der Waals surface area (Å²) >= 11 is 7.27. The van der Waals surface area contributed by atoms with Crippen molar-refractivity contribution < 1.29 is 4.79 Å². The standard InChI is InChI=1S/C29H30ClN9O2S/c1-17-13-20(18(2)33-22-6-7-23(30)34-26(22)27(40)36-42-4)25-21(14-17)28(41)37(3)29(35-25)39-11-9-38(10-12-39)24-8-5-19(15-31)16-32-24/h5-8,13-14,16,18,33H,9-12H2,1-4H3,(H,36,40). The molecule has 0 aliphatic carbocycles. The van der Waals surface area contributed by atoms with Crippen LogP contribution in [0.15, 0.2) is 47.4 Å². The number of benzene rings is 1. The molecule has 1 saturated heterocycles. The van der Waals surface area contributed by atoms with E-state index < -0.39 is 0 Å². The van der Waals surface area contributed by atoms with Crippen LogP contribution in [0, 0.1) is 18.3 Å². The average molecular weight is 604 g/mol. The van der Waals surface area contributed by atoms with Crippen LogP contribution >= 0.6 is 23.5 Å². The average Bonchev–Trinajstić information content (AvgIpc) is 3.00. The summed E-state index contributed by atoms with van der Waals surface area (Å²) in [4.78, 5) is 44.3. The number of halogens is 1. The quantitative estimate of drug-likeness (QED) is 0.235. The number of pyridine rings is 2. The molecule has 42 heavy (non-hydrogen) atoms. The van der Waals surface area contributed by atoms with Gasteiger partial charge in [-0.1, -0.05) is 29.6 Å². The number of nitrogens with one attached hydrogen (secondary N) is 2. The van der Waals surface area contributed by atoms with Gasteiger partial charge in [-0.15, -0.1) is 0 Å². The van der Waals surface area contributed by atoms with Crippen LogP contribution in [0.3, 0.4) is 0 Å². The van der Waals surface area contributed by atoms with Crippen molar-refractivity contribution in [3.8, 4) is 6.07 Å². The molecule has 3 aromatic heterocycles. The van der Waals surface area contributed by atoms with Crippen LogP contribution in [-0.4, -0.2) is 57.9 Å². The van der Waals surface area contributed by atoms with Gasteiger partial charge in [0.05, 0.1) is 28.2 Å². The maximum absolute atomic E-state index is 13.6. The van der Waals surface area contributed by atoms with Crippen LogP contribution in [0.1, 0.15) is 40.1 Å². The zero-order valence-corrected chi connectivity index (χ0v) is 25.3. The lowest BCUT2D eigenvalue weighted by molar-refractivity contribution is 0.0980. The van der Waals surface area contributed by atoms with Gasteiger partial charge in [0.25, 0.3) is 11.5 Å². The molecule has 0 saturated carbocycles. The Morgan fingerprint density at radius 2 is 1.86 bits per heavy atom. The summed E-state index contributed by atoms with van der Waals surface area (Å²) in [5.41, 5.74) is 3.45. The third-order valence-corrected chi connectivity index (χ3v) is 7.80. The number of piperazine rings is 1. The zero-order valence-electron chi connectivity index (χ0n) is 23.7. The Hall–Kier alpha value is -4.34. The van der Waals surface area contributed by atoms with Gasteiger partial charge in [-0.05, 0) is 49.7 Å². The molecule has 1 aromatic carbocycles. The monoisotopic (exact) mass is 603 g/mol. The summed E-state index contributed by atoms with van der Waals surface area (Å²) in [7, 11) is 1.75. The maximum Gasteiger partial charge on any atom is 0.281 e. The number of aromatic nitrogens is 4. The minimum Gasteiger partial charge on any atom is -0.377 e. The molecule has 2 N–H and O–H groups in total. The molecule has 5 rings (SSSR count). The number of nitrogens with zero attached hydrogens (tertiary/aromatic N) is 7. The molecular weight excluding hydrogens is 574 g/mol. The first kappa shape index (κ1) is 29.2. The van der Waals surface area contributed by atoms with Gasteiger partial charge in [0.15, 0.2) is 5.69 Å². The van der Waals surface area contributed by atoms with Crippen molar-refractivity contribution in [1.29, 1.82) is 5.26 Å². The molecule has 1 atom stereocenters. The molecule has 0 radical (unpaired) electrons. The molecule has 11 nitrogen and oxygen atoms in total. The Bertz CT molecular complexity index is 1750. The SMILES string of the molecule is CSNC(=O)c1nc(Cl)ccc1NC(C)c1cc(C)cc2c(=O)n(C)c(N3CCN(c4ccc(C#N)cn4)CC3)nc12. The Morgan fingerprint density at radius 1 is 1.12 bits per heavy atom. The number of hydrogen-bond donors (Lipinski definition) is 2. The molecule has 0 bridgehead atoms. The maximum atomic E-state index is 13.6. The highest BCUT2D eigenvalue weighted by atomic mass is 35.5. The van der Waals surface area contributed by atoms with Gasteiger partial charge in [-0.25, -0.2) is 15.0 Å². The highest BCUT2D eigenvalue weighted by Crippen LogP contribution is 2.29. The number of hydrogen-bond acceptors (Lipinski definition) is 10. The second-order valence-corrected chi connectivity index (χ2v) is 11.0. The Morgan fingerprint density at radius 3 is 2.52 bits per heavy atom. The fraction of sp³-hybridized carbons (Fsp3) is 0.310. The van der Waals surface area contributed by atoms with E-state index in [1.165, 1.54) is 11.9 Å². The lowest BCUT2D eigenvalue weighted by Crippen LogP contribution is -2.48. The van der Waals surface area contributed by atoms with Gasteiger partial charge in [0.2, 0.25) is 5.95 Å². The number of nitriles is 1. The first-order chi connectivity index (χ1) is 20.2. The summed E-state index contributed by atoms with van der Waals surface area (Å²) < 4.78 is 4.30. The van der Waals surface area contributed by atoms with Gasteiger partial charge >= 0.3 is 0 Å². The van der Waals surface area contributed by atoms with Crippen molar-refractivity contribution in [2.75, 3.05) is 47.6 Å². The van der Waals surface area contributed by atoms with Crippen LogP contribution < -0.4 is 25.4 Å². The van der Waals surface area contributed by atoms with Crippen LogP contribution in [0.5, 0.6) is 0 Å². The van der Waals surface area contributed by atoms with E-state index in [1.54, 1.807) is 42.3 Å². The summed E-state index contributed by atoms with van der Waals surface area (Å²) in [6.45, 7) is 6.58. The van der Waals surface area contributed by atoms with Crippen molar-refractivity contribution in [2.24, 2.45) is 7.05 Å². The highest BCUT2D eigenvalue weighted by Gasteiger charge is 2.24. The van der Waals surface area contributed by atoms with Gasteiger partial charge in [-0.2, -0.15) is 5.26 Å². The summed E-state index contributed by atoms with van der Waals surface area (Å²) in [6.07, 6.45) is 3.33. The number of carbonyl (C=O) groups excluding carboxylic acids is 1. The van der Waals surface area contributed by atoms with E-state index >= 15 is 0 Å². The number of anilines is 3. The lowest BCUT2D eigenvalue weighted by atomic mass is 10.0. The van der Waals surface area contributed by atoms with Crippen LogP contribution in [0.4, 0.5) is 17.5 Å². The number of fused-ring (bicyclic) bond motifs is 1. The third kappa shape index (κ3) is 5.84. The Balaban J connectivity index is 1.46. The van der Waals surface area contributed by atoms with Gasteiger partial charge < -0.3 is 15.1 Å². The number of amides is 1. The molecule has 1 aliphatic rings. The summed E-state index contributed by atoms with van der Waals surface area (Å²) in [5.74, 6) is 1.04. The van der Waals surface area contributed by atoms with E-state index in [9.17, 15) is 9.59 Å². The molecule has 1 amide bonds. The van der Waals surface area contributed by atoms with Gasteiger partial charge in [-0.3, -0.25) is 18.9 Å². The second kappa shape index (κ2) is 12.3. The molecule has 0 spiro atoms. The topological polar surface area (TPSA) is 132 Å². The predicted molar refractivity (Wildman–Crippen MR) is 167 cm³/mol. The normalized spacial score (nSPS) is 14.0. The summed E-state index contributed by atoms with van der Waals surface area (Å²) in [6, 6.07) is 12.6. The van der Waals surface area contributed by atoms with E-state index in [0.29, 0.717) is 54.3 Å². The molecule has 1 fully saturated rings. The number of rotatable bonds is 7. The van der Waals surface area contributed by atoms with E-state index in [0.717, 1.165) is 16.9 Å². The van der Waals surface area contributed by atoms with Crippen LogP contribution in [-0.2, 0) is 7.05 Å². The molecule has 216 valence electrons. The van der Waals surface area contributed by atoms with Crippen molar-refractivity contribution in [3.63, 3.8) is 0 Å². The minimum absolute atomic E-state index is 0.128. The molecule has 13 heteroatoms. The third-order valence-electron chi connectivity index (χ3n) is 7.20. The van der Waals surface area contributed by atoms with Crippen LogP contribution in [0.2, 0.25) is 5.15 Å². The highest BCUT2D eigenvalue weighted by molar-refractivity contribution is 7.97. The number of aryl methyl sites for hydroxylation is 1. The van der Waals surface area contributed by atoms with E-state index in [-0.39, 0.29) is 28.4 Å². The van der Waals surface area contributed by atoms with Gasteiger partial charge in [0, 0.05) is 51.2 Å². The second-order valence-electron chi connectivity index (χ2n) is 10.0. The summed E-state index contributed by atoms with van der Waals surface area (Å²) in [5, 5.41) is 13.2. The van der Waals surface area contributed by atoms with E-state index in [2.05, 4.69) is 35.9 Å². The molecule has 4 aromatic rings. The van der Waals surface area contributed by atoms with Crippen LogP contribution in [0.25, 0.3) is 10.9 Å². The fourth-order valence-corrected chi connectivity index (χ4v) is 5.54. The molecule has 4 heterocycles. The van der Waals surface area contributed by atoms with Crippen molar-refractivity contribution in [1.82, 2.24) is 24.2 Å². The number of carbonyl (C=O) groups is 1. The molecular formula is C29H30ClN9O2S. The van der Waals surface area contributed by atoms with Gasteiger partial charge in [0.1, 0.15) is 17.0 Å². The first-order valence-electron chi connectivity index (χ1n) is 13.3. The van der Waals surface area contributed by atoms with E-state index in [4.69, 9.17) is 21.8 Å². The predicted octanol–water partition coefficient (Wildman–Crippen LogP) is 4.06. The molecule has 1 aliphatic heterocycles. The Kier molecular flexibility index (Phi) is 8.51. The fourth-order valence-electron chi connectivity index (χ4n) is 5.11. The van der Waals surface area contributed by atoms with Crippen molar-refractivity contribution in [2.45, 2.75) is 19.9 Å². The largest absolute Gasteiger partial charge is 0.377 e. The zero-order chi connectivity index (χ0) is 30.0. The lowest BCUT2D eigenvalue weighted by Gasteiger charge is -2.36. The molecule has 1 unspecified atom stereocenters. The Labute approximate surface area is 252 Å². The smallest absolute Gasteiger partial charge is 0.281 e. The van der Waals surface area contributed by atoms with E-state index in [1.807, 2.05) is 32.0 Å². The van der Waals surface area contributed by atoms with Crippen molar-refractivity contribution in [3.05, 3.63) is 80.5 Å². The first-order valence-corrected chi connectivity index (χ1v) is 14.9. The minimum atomic E-state index is -0.363.